The summed E-state index contributed by atoms with van der Waals surface area (Å²) >= 11 is 0. The molecule has 1 aliphatic rings. The lowest BCUT2D eigenvalue weighted by atomic mass is 10.2. The molecule has 0 spiro atoms. The molecule has 0 aliphatic carbocycles. The minimum absolute atomic E-state index is 0.0666. The Morgan fingerprint density at radius 2 is 1.79 bits per heavy atom. The van der Waals surface area contributed by atoms with Crippen molar-refractivity contribution in [3.05, 3.63) is 66.2 Å². The summed E-state index contributed by atoms with van der Waals surface area (Å²) in [5.74, 6) is 0.736. The van der Waals surface area contributed by atoms with Gasteiger partial charge in [-0.3, -0.25) is 9.79 Å². The van der Waals surface area contributed by atoms with Crippen molar-refractivity contribution in [1.29, 1.82) is 0 Å². The monoisotopic (exact) mass is 379 g/mol. The second kappa shape index (κ2) is 10.3. The van der Waals surface area contributed by atoms with Crippen molar-refractivity contribution in [3.8, 4) is 0 Å². The number of para-hydroxylation sites is 1. The van der Waals surface area contributed by atoms with E-state index in [0.29, 0.717) is 24.7 Å². The number of carbonyl (C=O) groups excluding carboxylic acids is 1. The number of benzene rings is 2. The first-order valence-corrected chi connectivity index (χ1v) is 9.94. The summed E-state index contributed by atoms with van der Waals surface area (Å²) in [4.78, 5) is 19.1. The van der Waals surface area contributed by atoms with Crippen LogP contribution in [0.4, 0.5) is 5.69 Å². The largest absolute Gasteiger partial charge is 0.369 e. The van der Waals surface area contributed by atoms with Gasteiger partial charge in [0.2, 0.25) is 0 Å². The molecule has 1 atom stereocenters. The van der Waals surface area contributed by atoms with Crippen LogP contribution in [0.25, 0.3) is 0 Å². The van der Waals surface area contributed by atoms with Crippen LogP contribution in [0.15, 0.2) is 65.7 Å². The number of nitrogens with zero attached hydrogens (tertiary/aromatic N) is 2. The Labute approximate surface area is 167 Å². The number of anilines is 1. The third-order valence-electron chi connectivity index (χ3n) is 4.70. The van der Waals surface area contributed by atoms with E-state index in [2.05, 4.69) is 57.0 Å². The molecule has 1 saturated heterocycles. The summed E-state index contributed by atoms with van der Waals surface area (Å²) in [7, 11) is 0. The maximum atomic E-state index is 12.1. The van der Waals surface area contributed by atoms with Crippen molar-refractivity contribution in [2.45, 2.75) is 19.4 Å². The minimum atomic E-state index is -0.0666. The van der Waals surface area contributed by atoms with Gasteiger partial charge in [-0.15, -0.1) is 0 Å². The maximum absolute atomic E-state index is 12.1. The molecule has 1 fully saturated rings. The molecule has 6 nitrogen and oxygen atoms in total. The minimum Gasteiger partial charge on any atom is -0.369 e. The first-order valence-electron chi connectivity index (χ1n) is 9.94. The maximum Gasteiger partial charge on any atom is 0.251 e. The van der Waals surface area contributed by atoms with Gasteiger partial charge in [-0.1, -0.05) is 36.4 Å². The quantitative estimate of drug-likeness (QED) is 0.392. The highest BCUT2D eigenvalue weighted by Crippen LogP contribution is 2.19. The smallest absolute Gasteiger partial charge is 0.251 e. The summed E-state index contributed by atoms with van der Waals surface area (Å²) in [5, 5.41) is 9.72. The Balaban J connectivity index is 1.46. The Bertz CT molecular complexity index is 763. The van der Waals surface area contributed by atoms with Gasteiger partial charge in [0.05, 0.1) is 6.54 Å². The Morgan fingerprint density at radius 3 is 2.50 bits per heavy atom. The van der Waals surface area contributed by atoms with Crippen molar-refractivity contribution >= 4 is 17.6 Å². The summed E-state index contributed by atoms with van der Waals surface area (Å²) in [6, 6.07) is 20.1. The number of nitrogens with one attached hydrogen (secondary N) is 3. The van der Waals surface area contributed by atoms with Gasteiger partial charge >= 0.3 is 0 Å². The van der Waals surface area contributed by atoms with E-state index in [9.17, 15) is 4.79 Å². The number of aliphatic imine (C=N–C) groups is 1. The molecule has 2 aromatic rings. The van der Waals surface area contributed by atoms with E-state index in [4.69, 9.17) is 0 Å². The second-order valence-electron chi connectivity index (χ2n) is 6.79. The summed E-state index contributed by atoms with van der Waals surface area (Å²) in [6.07, 6.45) is 1.07. The van der Waals surface area contributed by atoms with E-state index in [1.807, 2.05) is 36.4 Å². The van der Waals surface area contributed by atoms with Crippen LogP contribution in [0.5, 0.6) is 0 Å². The molecule has 2 aromatic carbocycles. The number of hydrogen-bond donors (Lipinski definition) is 3. The SMILES string of the molecule is CCNC(=NCCNC(=O)c1ccccc1)NC1CCN(c2ccccc2)C1. The van der Waals surface area contributed by atoms with Crippen LogP contribution in [0.3, 0.4) is 0 Å². The average molecular weight is 380 g/mol. The van der Waals surface area contributed by atoms with Crippen LogP contribution in [0.1, 0.15) is 23.7 Å². The van der Waals surface area contributed by atoms with E-state index >= 15 is 0 Å². The van der Waals surface area contributed by atoms with E-state index in [-0.39, 0.29) is 5.91 Å². The molecular weight excluding hydrogens is 350 g/mol. The molecule has 148 valence electrons. The number of amides is 1. The Hall–Kier alpha value is -3.02. The predicted molar refractivity (Wildman–Crippen MR) is 115 cm³/mol. The zero-order valence-electron chi connectivity index (χ0n) is 16.4. The van der Waals surface area contributed by atoms with Crippen LogP contribution < -0.4 is 20.9 Å². The molecule has 0 aromatic heterocycles. The summed E-state index contributed by atoms with van der Waals surface area (Å²) in [5.41, 5.74) is 1.93. The molecule has 0 saturated carbocycles. The van der Waals surface area contributed by atoms with Crippen LogP contribution in [0.2, 0.25) is 0 Å². The highest BCUT2D eigenvalue weighted by Gasteiger charge is 2.23. The molecule has 1 heterocycles. The van der Waals surface area contributed by atoms with Gasteiger partial charge in [-0.2, -0.15) is 0 Å². The zero-order chi connectivity index (χ0) is 19.6. The van der Waals surface area contributed by atoms with E-state index in [1.165, 1.54) is 5.69 Å². The van der Waals surface area contributed by atoms with E-state index in [1.54, 1.807) is 0 Å². The summed E-state index contributed by atoms with van der Waals surface area (Å²) in [6.45, 7) is 5.89. The number of guanidine groups is 1. The van der Waals surface area contributed by atoms with Crippen LogP contribution in [-0.2, 0) is 0 Å². The normalized spacial score (nSPS) is 16.7. The van der Waals surface area contributed by atoms with Crippen LogP contribution in [0, 0.1) is 0 Å². The Morgan fingerprint density at radius 1 is 1.07 bits per heavy atom. The predicted octanol–water partition coefficient (Wildman–Crippen LogP) is 2.25. The highest BCUT2D eigenvalue weighted by atomic mass is 16.1. The molecule has 0 radical (unpaired) electrons. The van der Waals surface area contributed by atoms with Gasteiger partial charge in [0.25, 0.3) is 5.91 Å². The van der Waals surface area contributed by atoms with Gasteiger partial charge in [-0.25, -0.2) is 0 Å². The van der Waals surface area contributed by atoms with Crippen molar-refractivity contribution < 1.29 is 4.79 Å². The van der Waals surface area contributed by atoms with Gasteiger partial charge in [0.15, 0.2) is 5.96 Å². The molecule has 0 bridgehead atoms. The van der Waals surface area contributed by atoms with Crippen molar-refractivity contribution in [2.75, 3.05) is 37.6 Å². The molecular formula is C22H29N5O. The Kier molecular flexibility index (Phi) is 7.29. The lowest BCUT2D eigenvalue weighted by Gasteiger charge is -2.20. The lowest BCUT2D eigenvalue weighted by molar-refractivity contribution is 0.0955. The van der Waals surface area contributed by atoms with Gasteiger partial charge in [-0.05, 0) is 37.6 Å². The fourth-order valence-corrected chi connectivity index (χ4v) is 3.29. The topological polar surface area (TPSA) is 68.8 Å². The highest BCUT2D eigenvalue weighted by molar-refractivity contribution is 5.94. The fraction of sp³-hybridized carbons (Fsp3) is 0.364. The standard InChI is InChI=1S/C22H29N5O/c1-2-23-22(25-15-14-24-21(28)18-9-5-3-6-10-18)26-19-13-16-27(17-19)20-11-7-4-8-12-20/h3-12,19H,2,13-17H2,1H3,(H,24,28)(H2,23,25,26). The average Bonchev–Trinajstić information content (AvgIpc) is 3.21. The lowest BCUT2D eigenvalue weighted by Crippen LogP contribution is -2.45. The van der Waals surface area contributed by atoms with Crippen LogP contribution >= 0.6 is 0 Å². The third kappa shape index (κ3) is 5.74. The van der Waals surface area contributed by atoms with E-state index in [0.717, 1.165) is 32.0 Å². The second-order valence-corrected chi connectivity index (χ2v) is 6.79. The van der Waals surface area contributed by atoms with Gasteiger partial charge in [0, 0.05) is 43.5 Å². The number of hydrogen-bond acceptors (Lipinski definition) is 3. The van der Waals surface area contributed by atoms with Crippen molar-refractivity contribution in [1.82, 2.24) is 16.0 Å². The number of rotatable bonds is 7. The van der Waals surface area contributed by atoms with Crippen molar-refractivity contribution in [3.63, 3.8) is 0 Å². The van der Waals surface area contributed by atoms with Gasteiger partial charge in [0.1, 0.15) is 0 Å². The van der Waals surface area contributed by atoms with E-state index < -0.39 is 0 Å². The molecule has 3 rings (SSSR count). The van der Waals surface area contributed by atoms with Crippen LogP contribution in [-0.4, -0.2) is 50.6 Å². The zero-order valence-corrected chi connectivity index (χ0v) is 16.4. The molecule has 1 unspecified atom stereocenters. The summed E-state index contributed by atoms with van der Waals surface area (Å²) < 4.78 is 0. The van der Waals surface area contributed by atoms with Gasteiger partial charge < -0.3 is 20.9 Å². The number of carbonyl (C=O) groups is 1. The first kappa shape index (κ1) is 19.7. The molecule has 1 aliphatic heterocycles. The molecule has 28 heavy (non-hydrogen) atoms. The fourth-order valence-electron chi connectivity index (χ4n) is 3.29. The molecule has 6 heteroatoms. The molecule has 1 amide bonds. The first-order chi connectivity index (χ1) is 13.8. The third-order valence-corrected chi connectivity index (χ3v) is 4.70. The van der Waals surface area contributed by atoms with Crippen molar-refractivity contribution in [2.24, 2.45) is 4.99 Å². The molecule has 3 N–H and O–H groups in total.